The minimum atomic E-state index is -0.135. The van der Waals surface area contributed by atoms with Crippen LogP contribution in [0.15, 0.2) is 43.0 Å². The number of imidazole rings is 1. The largest absolute Gasteiger partial charge is 0.484 e. The number of nitrogens with zero attached hydrogens (tertiary/aromatic N) is 2. The highest BCUT2D eigenvalue weighted by molar-refractivity contribution is 5.80. The van der Waals surface area contributed by atoms with E-state index in [9.17, 15) is 4.79 Å². The average Bonchev–Trinajstić information content (AvgIpc) is 2.90. The van der Waals surface area contributed by atoms with Crippen molar-refractivity contribution in [3.63, 3.8) is 0 Å². The fraction of sp³-hybridized carbons (Fsp3) is 0.231. The van der Waals surface area contributed by atoms with Gasteiger partial charge < -0.3 is 4.74 Å². The predicted molar refractivity (Wildman–Crippen MR) is 64.2 cm³/mol. The molecule has 0 radical (unpaired) electrons. The van der Waals surface area contributed by atoms with Crippen molar-refractivity contribution in [3.8, 4) is 5.75 Å². The monoisotopic (exact) mass is 230 g/mol. The van der Waals surface area contributed by atoms with E-state index in [1.807, 2.05) is 24.3 Å². The lowest BCUT2D eigenvalue weighted by Crippen LogP contribution is -2.17. The number of rotatable bonds is 4. The van der Waals surface area contributed by atoms with Gasteiger partial charge in [0.15, 0.2) is 6.61 Å². The third kappa shape index (κ3) is 2.93. The van der Waals surface area contributed by atoms with Gasteiger partial charge in [-0.1, -0.05) is 19.1 Å². The summed E-state index contributed by atoms with van der Waals surface area (Å²) in [6.07, 6.45) is 5.59. The maximum absolute atomic E-state index is 11.6. The molecular weight excluding hydrogens is 216 g/mol. The number of benzene rings is 1. The highest BCUT2D eigenvalue weighted by Gasteiger charge is 2.04. The summed E-state index contributed by atoms with van der Waals surface area (Å²) in [5, 5.41) is 0. The molecule has 0 N–H and O–H groups in total. The first-order chi connectivity index (χ1) is 8.29. The molecule has 0 atom stereocenters. The molecule has 0 bridgehead atoms. The first kappa shape index (κ1) is 11.4. The van der Waals surface area contributed by atoms with Gasteiger partial charge in [0.2, 0.25) is 0 Å². The van der Waals surface area contributed by atoms with E-state index >= 15 is 0 Å². The van der Waals surface area contributed by atoms with Crippen molar-refractivity contribution >= 4 is 5.91 Å². The second-order valence-corrected chi connectivity index (χ2v) is 3.65. The van der Waals surface area contributed by atoms with Crippen LogP contribution in [0.4, 0.5) is 0 Å². The van der Waals surface area contributed by atoms with Gasteiger partial charge in [0.05, 0.1) is 0 Å². The van der Waals surface area contributed by atoms with Crippen LogP contribution in [-0.2, 0) is 6.42 Å². The van der Waals surface area contributed by atoms with E-state index in [2.05, 4.69) is 11.9 Å². The summed E-state index contributed by atoms with van der Waals surface area (Å²) in [4.78, 5) is 15.4. The van der Waals surface area contributed by atoms with Crippen LogP contribution in [0, 0.1) is 0 Å². The molecule has 0 aliphatic heterocycles. The van der Waals surface area contributed by atoms with Crippen LogP contribution < -0.4 is 4.74 Å². The minimum absolute atomic E-state index is 0.0174. The van der Waals surface area contributed by atoms with Crippen molar-refractivity contribution in [2.75, 3.05) is 6.61 Å². The van der Waals surface area contributed by atoms with Gasteiger partial charge in [-0.05, 0) is 24.1 Å². The van der Waals surface area contributed by atoms with Gasteiger partial charge in [-0.2, -0.15) is 0 Å². The highest BCUT2D eigenvalue weighted by atomic mass is 16.5. The summed E-state index contributed by atoms with van der Waals surface area (Å²) in [6, 6.07) is 7.75. The molecule has 88 valence electrons. The van der Waals surface area contributed by atoms with E-state index in [-0.39, 0.29) is 12.5 Å². The Kier molecular flexibility index (Phi) is 3.55. The molecule has 4 heteroatoms. The Labute approximate surface area is 99.9 Å². The second-order valence-electron chi connectivity index (χ2n) is 3.65. The average molecular weight is 230 g/mol. The van der Waals surface area contributed by atoms with Crippen LogP contribution in [0.3, 0.4) is 0 Å². The standard InChI is InChI=1S/C13H14N2O2/c1-2-11-4-3-5-12(8-11)17-9-13(16)15-7-6-14-10-15/h3-8,10H,2,9H2,1H3. The summed E-state index contributed by atoms with van der Waals surface area (Å²) in [5.74, 6) is 0.585. The fourth-order valence-corrected chi connectivity index (χ4v) is 1.48. The Hall–Kier alpha value is -2.10. The summed E-state index contributed by atoms with van der Waals surface area (Å²) < 4.78 is 6.84. The Bertz CT molecular complexity index is 492. The van der Waals surface area contributed by atoms with E-state index in [0.29, 0.717) is 0 Å². The van der Waals surface area contributed by atoms with E-state index in [0.717, 1.165) is 12.2 Å². The van der Waals surface area contributed by atoms with E-state index in [1.54, 1.807) is 12.4 Å². The number of carbonyl (C=O) groups is 1. The molecular formula is C13H14N2O2. The van der Waals surface area contributed by atoms with Gasteiger partial charge in [0.25, 0.3) is 5.91 Å². The zero-order valence-corrected chi connectivity index (χ0v) is 9.67. The fourth-order valence-electron chi connectivity index (χ4n) is 1.48. The van der Waals surface area contributed by atoms with Crippen LogP contribution >= 0.6 is 0 Å². The maximum Gasteiger partial charge on any atom is 0.269 e. The number of ether oxygens (including phenoxy) is 1. The predicted octanol–water partition coefficient (Wildman–Crippen LogP) is 2.16. The van der Waals surface area contributed by atoms with Gasteiger partial charge in [-0.15, -0.1) is 0 Å². The number of hydrogen-bond donors (Lipinski definition) is 0. The summed E-state index contributed by atoms with van der Waals surface area (Å²) in [7, 11) is 0. The number of aromatic nitrogens is 2. The normalized spacial score (nSPS) is 10.2. The molecule has 0 unspecified atom stereocenters. The van der Waals surface area contributed by atoms with Crippen LogP contribution in [0.25, 0.3) is 0 Å². The topological polar surface area (TPSA) is 44.1 Å². The minimum Gasteiger partial charge on any atom is -0.484 e. The number of hydrogen-bond acceptors (Lipinski definition) is 3. The van der Waals surface area contributed by atoms with Gasteiger partial charge in [-0.3, -0.25) is 9.36 Å². The Morgan fingerprint density at radius 1 is 1.47 bits per heavy atom. The molecule has 0 saturated heterocycles. The SMILES string of the molecule is CCc1cccc(OCC(=O)n2ccnc2)c1. The Morgan fingerprint density at radius 3 is 3.06 bits per heavy atom. The van der Waals surface area contributed by atoms with Crippen molar-refractivity contribution in [2.45, 2.75) is 13.3 Å². The molecule has 17 heavy (non-hydrogen) atoms. The summed E-state index contributed by atoms with van der Waals surface area (Å²) in [5.41, 5.74) is 1.19. The zero-order valence-electron chi connectivity index (χ0n) is 9.67. The van der Waals surface area contributed by atoms with Crippen molar-refractivity contribution in [3.05, 3.63) is 48.5 Å². The molecule has 2 aromatic rings. The van der Waals surface area contributed by atoms with Gasteiger partial charge in [-0.25, -0.2) is 4.98 Å². The lowest BCUT2D eigenvalue weighted by molar-refractivity contribution is 0.0837. The Morgan fingerprint density at radius 2 is 2.35 bits per heavy atom. The third-order valence-corrected chi connectivity index (χ3v) is 2.46. The smallest absolute Gasteiger partial charge is 0.269 e. The first-order valence-electron chi connectivity index (χ1n) is 5.52. The van der Waals surface area contributed by atoms with Crippen molar-refractivity contribution in [1.82, 2.24) is 9.55 Å². The molecule has 0 aliphatic carbocycles. The van der Waals surface area contributed by atoms with Crippen LogP contribution in [-0.4, -0.2) is 22.1 Å². The molecule has 1 aromatic heterocycles. The van der Waals surface area contributed by atoms with Crippen molar-refractivity contribution in [1.29, 1.82) is 0 Å². The number of carbonyl (C=O) groups excluding carboxylic acids is 1. The molecule has 0 aliphatic rings. The Balaban J connectivity index is 1.95. The van der Waals surface area contributed by atoms with Gasteiger partial charge in [0, 0.05) is 12.4 Å². The van der Waals surface area contributed by atoms with Crippen molar-refractivity contribution in [2.24, 2.45) is 0 Å². The van der Waals surface area contributed by atoms with Crippen LogP contribution in [0.2, 0.25) is 0 Å². The van der Waals surface area contributed by atoms with Crippen LogP contribution in [0.5, 0.6) is 5.75 Å². The summed E-state index contributed by atoms with van der Waals surface area (Å²) >= 11 is 0. The molecule has 0 spiro atoms. The molecule has 0 amide bonds. The van der Waals surface area contributed by atoms with E-state index in [4.69, 9.17) is 4.74 Å². The molecule has 0 saturated carbocycles. The molecule has 1 aromatic carbocycles. The van der Waals surface area contributed by atoms with Gasteiger partial charge >= 0.3 is 0 Å². The molecule has 1 heterocycles. The van der Waals surface area contributed by atoms with Crippen molar-refractivity contribution < 1.29 is 9.53 Å². The summed E-state index contributed by atoms with van der Waals surface area (Å²) in [6.45, 7) is 2.10. The van der Waals surface area contributed by atoms with Gasteiger partial charge in [0.1, 0.15) is 12.1 Å². The molecule has 2 rings (SSSR count). The molecule has 4 nitrogen and oxygen atoms in total. The lowest BCUT2D eigenvalue weighted by Gasteiger charge is -2.06. The quantitative estimate of drug-likeness (QED) is 0.808. The first-order valence-corrected chi connectivity index (χ1v) is 5.52. The number of aryl methyl sites for hydroxylation is 1. The third-order valence-electron chi connectivity index (χ3n) is 2.46. The lowest BCUT2D eigenvalue weighted by atomic mass is 10.2. The molecule has 0 fully saturated rings. The van der Waals surface area contributed by atoms with E-state index in [1.165, 1.54) is 16.5 Å². The van der Waals surface area contributed by atoms with E-state index < -0.39 is 0 Å². The highest BCUT2D eigenvalue weighted by Crippen LogP contribution is 2.13. The van der Waals surface area contributed by atoms with Crippen LogP contribution in [0.1, 0.15) is 17.3 Å². The second kappa shape index (κ2) is 5.30. The zero-order chi connectivity index (χ0) is 12.1. The maximum atomic E-state index is 11.6.